The number of hydrogen-bond acceptors (Lipinski definition) is 6. The summed E-state index contributed by atoms with van der Waals surface area (Å²) in [4.78, 5) is 0. The summed E-state index contributed by atoms with van der Waals surface area (Å²) >= 11 is 0. The van der Waals surface area contributed by atoms with E-state index in [9.17, 15) is 5.11 Å². The Balaban J connectivity index is 2.87. The van der Waals surface area contributed by atoms with Crippen LogP contribution in [0.2, 0.25) is 0 Å². The fraction of sp³-hybridized carbons (Fsp3) is 0.667. The van der Waals surface area contributed by atoms with Crippen LogP contribution in [0.3, 0.4) is 0 Å². The predicted octanol–water partition coefficient (Wildman–Crippen LogP) is -0.267. The standard InChI is InChI=1S/C9H16BNO5/c1-8(2,12)9(3,16-10(13)14)4-7-5-11-15-6-7/h5-6,12-14H,4H2,1-3H3. The predicted molar refractivity (Wildman–Crippen MR) is 56.2 cm³/mol. The fourth-order valence-corrected chi connectivity index (χ4v) is 1.34. The number of nitrogens with zero attached hydrogens (tertiary/aromatic N) is 1. The summed E-state index contributed by atoms with van der Waals surface area (Å²) in [5, 5.41) is 31.2. The summed E-state index contributed by atoms with van der Waals surface area (Å²) in [5.41, 5.74) is -1.72. The highest BCUT2D eigenvalue weighted by molar-refractivity contribution is 6.32. The van der Waals surface area contributed by atoms with Crippen LogP contribution in [-0.2, 0) is 11.1 Å². The van der Waals surface area contributed by atoms with Crippen molar-refractivity contribution in [2.75, 3.05) is 0 Å². The Hall–Kier alpha value is -0.885. The van der Waals surface area contributed by atoms with Crippen molar-refractivity contribution in [3.8, 4) is 0 Å². The van der Waals surface area contributed by atoms with Gasteiger partial charge in [-0.1, -0.05) is 5.16 Å². The zero-order valence-electron chi connectivity index (χ0n) is 9.54. The third kappa shape index (κ3) is 3.05. The Morgan fingerprint density at radius 2 is 2.06 bits per heavy atom. The molecule has 1 heterocycles. The van der Waals surface area contributed by atoms with Crippen molar-refractivity contribution in [2.24, 2.45) is 0 Å². The lowest BCUT2D eigenvalue weighted by Crippen LogP contribution is -2.54. The summed E-state index contributed by atoms with van der Waals surface area (Å²) in [7, 11) is -1.95. The number of rotatable bonds is 5. The van der Waals surface area contributed by atoms with Crippen molar-refractivity contribution >= 4 is 7.32 Å². The van der Waals surface area contributed by atoms with Crippen LogP contribution < -0.4 is 0 Å². The lowest BCUT2D eigenvalue weighted by molar-refractivity contribution is -0.120. The molecule has 1 atom stereocenters. The van der Waals surface area contributed by atoms with Gasteiger partial charge in [0, 0.05) is 12.0 Å². The molecule has 6 nitrogen and oxygen atoms in total. The molecule has 0 aromatic carbocycles. The van der Waals surface area contributed by atoms with Gasteiger partial charge >= 0.3 is 7.32 Å². The monoisotopic (exact) mass is 229 g/mol. The molecule has 0 aliphatic heterocycles. The molecule has 1 aromatic rings. The van der Waals surface area contributed by atoms with Gasteiger partial charge < -0.3 is 24.3 Å². The van der Waals surface area contributed by atoms with Gasteiger partial charge in [0.05, 0.1) is 17.4 Å². The second-order valence-corrected chi connectivity index (χ2v) is 4.44. The maximum absolute atomic E-state index is 9.99. The van der Waals surface area contributed by atoms with Gasteiger partial charge in [-0.2, -0.15) is 0 Å². The molecule has 0 saturated carbocycles. The van der Waals surface area contributed by atoms with Gasteiger partial charge in [-0.3, -0.25) is 0 Å². The van der Waals surface area contributed by atoms with Gasteiger partial charge in [0.15, 0.2) is 0 Å². The summed E-state index contributed by atoms with van der Waals surface area (Å²) in [6.07, 6.45) is 3.14. The molecule has 0 fully saturated rings. The largest absolute Gasteiger partial charge is 0.634 e. The van der Waals surface area contributed by atoms with Crippen molar-refractivity contribution in [1.82, 2.24) is 5.16 Å². The molecule has 90 valence electrons. The first-order valence-corrected chi connectivity index (χ1v) is 4.89. The molecule has 7 heteroatoms. The van der Waals surface area contributed by atoms with E-state index in [2.05, 4.69) is 9.68 Å². The highest BCUT2D eigenvalue weighted by Crippen LogP contribution is 2.29. The maximum atomic E-state index is 9.99. The second-order valence-electron chi connectivity index (χ2n) is 4.44. The lowest BCUT2D eigenvalue weighted by Gasteiger charge is -2.40. The van der Waals surface area contributed by atoms with Crippen LogP contribution in [0, 0.1) is 0 Å². The molecule has 1 aromatic heterocycles. The van der Waals surface area contributed by atoms with Crippen LogP contribution in [0.15, 0.2) is 17.0 Å². The fourth-order valence-electron chi connectivity index (χ4n) is 1.34. The van der Waals surface area contributed by atoms with E-state index in [0.29, 0.717) is 5.56 Å². The highest BCUT2D eigenvalue weighted by atomic mass is 16.6. The van der Waals surface area contributed by atoms with E-state index in [-0.39, 0.29) is 6.42 Å². The van der Waals surface area contributed by atoms with E-state index in [4.69, 9.17) is 14.7 Å². The first-order valence-electron chi connectivity index (χ1n) is 4.89. The topological polar surface area (TPSA) is 96.0 Å². The smallest absolute Gasteiger partial charge is 0.402 e. The van der Waals surface area contributed by atoms with Crippen LogP contribution in [-0.4, -0.2) is 38.8 Å². The summed E-state index contributed by atoms with van der Waals surface area (Å²) in [5.74, 6) is 0. The minimum absolute atomic E-state index is 0.248. The van der Waals surface area contributed by atoms with Crippen molar-refractivity contribution in [3.63, 3.8) is 0 Å². The van der Waals surface area contributed by atoms with Crippen molar-refractivity contribution in [2.45, 2.75) is 38.4 Å². The van der Waals surface area contributed by atoms with Crippen LogP contribution >= 0.6 is 0 Å². The van der Waals surface area contributed by atoms with Gasteiger partial charge in [-0.05, 0) is 20.8 Å². The van der Waals surface area contributed by atoms with E-state index in [1.165, 1.54) is 26.3 Å². The minimum Gasteiger partial charge on any atom is -0.402 e. The Kier molecular flexibility index (Phi) is 3.74. The first-order chi connectivity index (χ1) is 7.24. The lowest BCUT2D eigenvalue weighted by atomic mass is 9.81. The van der Waals surface area contributed by atoms with E-state index >= 15 is 0 Å². The zero-order chi connectivity index (χ0) is 12.4. The molecule has 1 unspecified atom stereocenters. The highest BCUT2D eigenvalue weighted by Gasteiger charge is 2.43. The number of aromatic nitrogens is 1. The van der Waals surface area contributed by atoms with Crippen LogP contribution in [0.1, 0.15) is 26.3 Å². The van der Waals surface area contributed by atoms with Crippen molar-refractivity contribution < 1.29 is 24.3 Å². The molecule has 3 N–H and O–H groups in total. The Morgan fingerprint density at radius 1 is 1.44 bits per heavy atom. The van der Waals surface area contributed by atoms with E-state index < -0.39 is 18.5 Å². The molecule has 1 rings (SSSR count). The Bertz CT molecular complexity index is 321. The molecular formula is C9H16BNO5. The second kappa shape index (κ2) is 4.54. The molecule has 16 heavy (non-hydrogen) atoms. The van der Waals surface area contributed by atoms with Crippen molar-refractivity contribution in [1.29, 1.82) is 0 Å². The molecular weight excluding hydrogens is 213 g/mol. The van der Waals surface area contributed by atoms with Crippen LogP contribution in [0.25, 0.3) is 0 Å². The Morgan fingerprint density at radius 3 is 2.44 bits per heavy atom. The third-order valence-electron chi connectivity index (χ3n) is 2.68. The van der Waals surface area contributed by atoms with E-state index in [1.807, 2.05) is 0 Å². The molecule has 0 bridgehead atoms. The SMILES string of the molecule is CC(C)(O)C(C)(Cc1cnoc1)OB(O)O. The average molecular weight is 229 g/mol. The molecule has 0 aliphatic rings. The average Bonchev–Trinajstić information content (AvgIpc) is 2.52. The summed E-state index contributed by atoms with van der Waals surface area (Å²) in [6, 6.07) is 0. The first kappa shape index (κ1) is 13.2. The van der Waals surface area contributed by atoms with E-state index in [1.54, 1.807) is 6.92 Å². The zero-order valence-corrected chi connectivity index (χ0v) is 9.54. The summed E-state index contributed by atoms with van der Waals surface area (Å²) < 4.78 is 9.63. The molecule has 0 radical (unpaired) electrons. The van der Waals surface area contributed by atoms with Gasteiger partial charge in [0.2, 0.25) is 0 Å². The van der Waals surface area contributed by atoms with Gasteiger partial charge in [0.1, 0.15) is 6.26 Å². The molecule has 0 saturated heterocycles. The summed E-state index contributed by atoms with van der Waals surface area (Å²) in [6.45, 7) is 4.64. The minimum atomic E-state index is -1.95. The van der Waals surface area contributed by atoms with Crippen LogP contribution in [0.4, 0.5) is 0 Å². The molecule has 0 spiro atoms. The number of aliphatic hydroxyl groups is 1. The van der Waals surface area contributed by atoms with Crippen molar-refractivity contribution in [3.05, 3.63) is 18.0 Å². The van der Waals surface area contributed by atoms with Gasteiger partial charge in [0.25, 0.3) is 0 Å². The van der Waals surface area contributed by atoms with Gasteiger partial charge in [-0.25, -0.2) is 0 Å². The Labute approximate surface area is 94.0 Å². The normalized spacial score (nSPS) is 15.9. The van der Waals surface area contributed by atoms with Gasteiger partial charge in [-0.15, -0.1) is 0 Å². The maximum Gasteiger partial charge on any atom is 0.634 e. The van der Waals surface area contributed by atoms with E-state index in [0.717, 1.165) is 0 Å². The quantitative estimate of drug-likeness (QED) is 0.601. The number of hydrogen-bond donors (Lipinski definition) is 3. The third-order valence-corrected chi connectivity index (χ3v) is 2.68. The molecule has 0 aliphatic carbocycles. The molecule has 0 amide bonds. The van der Waals surface area contributed by atoms with Crippen LogP contribution in [0.5, 0.6) is 0 Å².